The lowest BCUT2D eigenvalue weighted by atomic mass is 10.0. The van der Waals surface area contributed by atoms with Crippen LogP contribution in [-0.4, -0.2) is 17.0 Å². The first-order valence-corrected chi connectivity index (χ1v) is 9.74. The summed E-state index contributed by atoms with van der Waals surface area (Å²) in [5.74, 6) is 1.26. The molecule has 0 heterocycles. The molecule has 0 aromatic heterocycles. The lowest BCUT2D eigenvalue weighted by Gasteiger charge is -2.20. The summed E-state index contributed by atoms with van der Waals surface area (Å²) in [5, 5.41) is 4.72. The number of aryl methyl sites for hydroxylation is 1. The molecule has 1 saturated carbocycles. The van der Waals surface area contributed by atoms with E-state index in [1.165, 1.54) is 55.4 Å². The van der Waals surface area contributed by atoms with Crippen LogP contribution in [0.3, 0.4) is 0 Å². The van der Waals surface area contributed by atoms with Gasteiger partial charge >= 0.3 is 0 Å². The van der Waals surface area contributed by atoms with Crippen molar-refractivity contribution in [2.75, 3.05) is 5.75 Å². The molecular weight excluding hydrogens is 274 g/mol. The van der Waals surface area contributed by atoms with E-state index in [0.29, 0.717) is 12.1 Å². The molecular formula is C19H31NS. The van der Waals surface area contributed by atoms with Gasteiger partial charge in [0.2, 0.25) is 0 Å². The van der Waals surface area contributed by atoms with Crippen LogP contribution in [0, 0.1) is 0 Å². The molecule has 0 bridgehead atoms. The Morgan fingerprint density at radius 1 is 1.19 bits per heavy atom. The van der Waals surface area contributed by atoms with E-state index >= 15 is 0 Å². The molecule has 2 rings (SSSR count). The Morgan fingerprint density at radius 2 is 1.95 bits per heavy atom. The van der Waals surface area contributed by atoms with Crippen LogP contribution in [0.2, 0.25) is 0 Å². The van der Waals surface area contributed by atoms with E-state index < -0.39 is 0 Å². The maximum absolute atomic E-state index is 3.83. The minimum atomic E-state index is 0.473. The van der Waals surface area contributed by atoms with E-state index in [1.807, 2.05) is 0 Å². The van der Waals surface area contributed by atoms with Gasteiger partial charge in [-0.3, -0.25) is 0 Å². The molecule has 118 valence electrons. The molecule has 3 unspecified atom stereocenters. The molecule has 1 fully saturated rings. The topological polar surface area (TPSA) is 12.0 Å². The van der Waals surface area contributed by atoms with E-state index in [2.05, 4.69) is 62.1 Å². The summed E-state index contributed by atoms with van der Waals surface area (Å²) in [6.45, 7) is 6.83. The van der Waals surface area contributed by atoms with Gasteiger partial charge in [-0.25, -0.2) is 0 Å². The summed E-state index contributed by atoms with van der Waals surface area (Å²) in [4.78, 5) is 0. The van der Waals surface area contributed by atoms with Crippen LogP contribution in [-0.2, 0) is 6.42 Å². The fourth-order valence-corrected chi connectivity index (χ4v) is 4.42. The lowest BCUT2D eigenvalue weighted by Crippen LogP contribution is -2.29. The molecule has 1 nitrogen and oxygen atoms in total. The minimum absolute atomic E-state index is 0.473. The average Bonchev–Trinajstić information content (AvgIpc) is 2.93. The molecule has 2 heteroatoms. The Hall–Kier alpha value is -0.470. The van der Waals surface area contributed by atoms with Gasteiger partial charge in [0.05, 0.1) is 0 Å². The van der Waals surface area contributed by atoms with Crippen LogP contribution in [0.4, 0.5) is 0 Å². The predicted octanol–water partition coefficient (Wildman–Crippen LogP) is 5.35. The van der Waals surface area contributed by atoms with Crippen molar-refractivity contribution in [3.63, 3.8) is 0 Å². The summed E-state index contributed by atoms with van der Waals surface area (Å²) in [7, 11) is 0. The van der Waals surface area contributed by atoms with Crippen LogP contribution in [0.1, 0.15) is 70.0 Å². The normalized spacial score (nSPS) is 23.4. The summed E-state index contributed by atoms with van der Waals surface area (Å²) < 4.78 is 0. The van der Waals surface area contributed by atoms with Gasteiger partial charge in [0.15, 0.2) is 0 Å². The molecule has 0 saturated heterocycles. The second kappa shape index (κ2) is 8.85. The van der Waals surface area contributed by atoms with Gasteiger partial charge in [-0.1, -0.05) is 44.5 Å². The van der Waals surface area contributed by atoms with Crippen LogP contribution < -0.4 is 5.32 Å². The molecule has 21 heavy (non-hydrogen) atoms. The van der Waals surface area contributed by atoms with Gasteiger partial charge < -0.3 is 5.32 Å². The number of thioether (sulfide) groups is 1. The first-order valence-electron chi connectivity index (χ1n) is 8.69. The molecule has 1 aliphatic carbocycles. The molecule has 1 aliphatic rings. The van der Waals surface area contributed by atoms with Gasteiger partial charge in [0, 0.05) is 17.3 Å². The van der Waals surface area contributed by atoms with Crippen molar-refractivity contribution in [3.8, 4) is 0 Å². The van der Waals surface area contributed by atoms with Crippen molar-refractivity contribution < 1.29 is 0 Å². The summed E-state index contributed by atoms with van der Waals surface area (Å²) in [6, 6.07) is 10.4. The fourth-order valence-electron chi connectivity index (χ4n) is 3.28. The first-order chi connectivity index (χ1) is 10.2. The molecule has 0 spiro atoms. The minimum Gasteiger partial charge on any atom is -0.307 e. The van der Waals surface area contributed by atoms with Gasteiger partial charge in [-0.2, -0.15) is 11.8 Å². The third-order valence-electron chi connectivity index (χ3n) is 4.57. The van der Waals surface area contributed by atoms with Crippen molar-refractivity contribution in [2.24, 2.45) is 0 Å². The number of hydrogen-bond donors (Lipinski definition) is 1. The third kappa shape index (κ3) is 5.34. The highest BCUT2D eigenvalue weighted by atomic mass is 32.2. The molecule has 1 aromatic rings. The fraction of sp³-hybridized carbons (Fsp3) is 0.684. The molecule has 0 amide bonds. The Bertz CT molecular complexity index is 401. The Morgan fingerprint density at radius 3 is 2.62 bits per heavy atom. The van der Waals surface area contributed by atoms with Gasteiger partial charge in [0.1, 0.15) is 0 Å². The standard InChI is InChI=1S/C19H31NS/c1-4-6-7-16-8-10-17(11-9-16)15(3)20-18-12-13-19(14-18)21-5-2/h8-11,15,18-20H,4-7,12-14H2,1-3H3. The quantitative estimate of drug-likeness (QED) is 0.694. The molecule has 0 aliphatic heterocycles. The molecule has 3 atom stereocenters. The van der Waals surface area contributed by atoms with E-state index in [1.54, 1.807) is 0 Å². The largest absolute Gasteiger partial charge is 0.307 e. The highest BCUT2D eigenvalue weighted by Crippen LogP contribution is 2.31. The third-order valence-corrected chi connectivity index (χ3v) is 5.80. The maximum atomic E-state index is 3.83. The second-order valence-electron chi connectivity index (χ2n) is 6.32. The van der Waals surface area contributed by atoms with Crippen molar-refractivity contribution in [1.82, 2.24) is 5.32 Å². The highest BCUT2D eigenvalue weighted by Gasteiger charge is 2.25. The number of nitrogens with one attached hydrogen (secondary N) is 1. The van der Waals surface area contributed by atoms with Gasteiger partial charge in [0.25, 0.3) is 0 Å². The number of unbranched alkanes of at least 4 members (excludes halogenated alkanes) is 1. The average molecular weight is 306 g/mol. The summed E-state index contributed by atoms with van der Waals surface area (Å²) in [5.41, 5.74) is 2.91. The Kier molecular flexibility index (Phi) is 7.12. The van der Waals surface area contributed by atoms with E-state index in [-0.39, 0.29) is 0 Å². The van der Waals surface area contributed by atoms with Crippen molar-refractivity contribution in [3.05, 3.63) is 35.4 Å². The molecule has 0 radical (unpaired) electrons. The van der Waals surface area contributed by atoms with E-state index in [9.17, 15) is 0 Å². The first kappa shape index (κ1) is 16.9. The maximum Gasteiger partial charge on any atom is 0.0294 e. The Labute approximate surface area is 135 Å². The number of rotatable bonds is 8. The van der Waals surface area contributed by atoms with Gasteiger partial charge in [-0.05, 0) is 55.9 Å². The summed E-state index contributed by atoms with van der Waals surface area (Å²) >= 11 is 2.14. The summed E-state index contributed by atoms with van der Waals surface area (Å²) in [6.07, 6.45) is 7.87. The Balaban J connectivity index is 1.81. The zero-order chi connectivity index (χ0) is 15.1. The predicted molar refractivity (Wildman–Crippen MR) is 96.2 cm³/mol. The zero-order valence-corrected chi connectivity index (χ0v) is 14.7. The second-order valence-corrected chi connectivity index (χ2v) is 7.90. The van der Waals surface area contributed by atoms with Gasteiger partial charge in [-0.15, -0.1) is 0 Å². The smallest absolute Gasteiger partial charge is 0.0294 e. The van der Waals surface area contributed by atoms with Crippen LogP contribution in [0.15, 0.2) is 24.3 Å². The highest BCUT2D eigenvalue weighted by molar-refractivity contribution is 7.99. The number of benzene rings is 1. The monoisotopic (exact) mass is 305 g/mol. The van der Waals surface area contributed by atoms with Crippen molar-refractivity contribution >= 4 is 11.8 Å². The van der Waals surface area contributed by atoms with Crippen LogP contribution in [0.5, 0.6) is 0 Å². The zero-order valence-electron chi connectivity index (χ0n) is 13.9. The lowest BCUT2D eigenvalue weighted by molar-refractivity contribution is 0.462. The van der Waals surface area contributed by atoms with E-state index in [0.717, 1.165) is 5.25 Å². The molecule has 1 N–H and O–H groups in total. The van der Waals surface area contributed by atoms with E-state index in [4.69, 9.17) is 0 Å². The number of hydrogen-bond acceptors (Lipinski definition) is 2. The van der Waals surface area contributed by atoms with Crippen LogP contribution >= 0.6 is 11.8 Å². The molecule has 1 aromatic carbocycles. The van der Waals surface area contributed by atoms with Crippen LogP contribution in [0.25, 0.3) is 0 Å². The van der Waals surface area contributed by atoms with Crippen molar-refractivity contribution in [1.29, 1.82) is 0 Å². The SMILES string of the molecule is CCCCc1ccc(C(C)NC2CCC(SCC)C2)cc1. The van der Waals surface area contributed by atoms with Crippen molar-refractivity contribution in [2.45, 2.75) is 76.6 Å².